The highest BCUT2D eigenvalue weighted by molar-refractivity contribution is 5.86. The zero-order valence-electron chi connectivity index (χ0n) is 13.6. The van der Waals surface area contributed by atoms with E-state index in [1.165, 1.54) is 33.1 Å². The second-order valence-electron chi connectivity index (χ2n) is 6.63. The first kappa shape index (κ1) is 13.8. The number of pyridine rings is 1. The van der Waals surface area contributed by atoms with E-state index in [9.17, 15) is 0 Å². The number of para-hydroxylation sites is 1. The van der Waals surface area contributed by atoms with Gasteiger partial charge in [-0.25, -0.2) is 0 Å². The Balaban J connectivity index is 1.69. The van der Waals surface area contributed by atoms with Crippen LogP contribution < -0.4 is 5.32 Å². The molecule has 2 aromatic carbocycles. The van der Waals surface area contributed by atoms with Crippen LogP contribution in [0.15, 0.2) is 54.6 Å². The van der Waals surface area contributed by atoms with Gasteiger partial charge in [-0.05, 0) is 43.2 Å². The third-order valence-electron chi connectivity index (χ3n) is 5.02. The lowest BCUT2D eigenvalue weighted by Gasteiger charge is -2.24. The van der Waals surface area contributed by atoms with E-state index >= 15 is 0 Å². The molecule has 2 N–H and O–H groups in total. The molecule has 0 fully saturated rings. The van der Waals surface area contributed by atoms with Gasteiger partial charge in [-0.2, -0.15) is 0 Å². The second kappa shape index (κ2) is 5.18. The summed E-state index contributed by atoms with van der Waals surface area (Å²) in [5.41, 5.74) is 7.37. The Morgan fingerprint density at radius 1 is 1.04 bits per heavy atom. The van der Waals surface area contributed by atoms with Crippen LogP contribution in [0.3, 0.4) is 0 Å². The molecule has 0 aliphatic carbocycles. The molecule has 0 radical (unpaired) electrons. The van der Waals surface area contributed by atoms with Crippen molar-refractivity contribution in [2.75, 3.05) is 6.54 Å². The van der Waals surface area contributed by atoms with Gasteiger partial charge in [0.25, 0.3) is 0 Å². The van der Waals surface area contributed by atoms with Crippen molar-refractivity contribution in [1.82, 2.24) is 15.3 Å². The molecule has 1 atom stereocenters. The highest BCUT2D eigenvalue weighted by Gasteiger charge is 2.26. The average molecular weight is 313 g/mol. The van der Waals surface area contributed by atoms with Crippen molar-refractivity contribution in [2.24, 2.45) is 0 Å². The molecular weight excluding hydrogens is 294 g/mol. The van der Waals surface area contributed by atoms with Gasteiger partial charge in [0.05, 0.1) is 17.3 Å². The van der Waals surface area contributed by atoms with E-state index in [4.69, 9.17) is 4.98 Å². The van der Waals surface area contributed by atoms with Crippen LogP contribution >= 0.6 is 0 Å². The summed E-state index contributed by atoms with van der Waals surface area (Å²) >= 11 is 0. The van der Waals surface area contributed by atoms with E-state index < -0.39 is 0 Å². The van der Waals surface area contributed by atoms with E-state index in [0.717, 1.165) is 24.2 Å². The van der Waals surface area contributed by atoms with Gasteiger partial charge in [0, 0.05) is 28.5 Å². The van der Waals surface area contributed by atoms with Crippen LogP contribution in [0.2, 0.25) is 0 Å². The maximum atomic E-state index is 4.90. The van der Waals surface area contributed by atoms with E-state index in [-0.39, 0.29) is 6.04 Å². The highest BCUT2D eigenvalue weighted by atomic mass is 15.0. The van der Waals surface area contributed by atoms with Crippen LogP contribution in [0.5, 0.6) is 0 Å². The molecule has 4 aromatic rings. The van der Waals surface area contributed by atoms with Gasteiger partial charge in [0.2, 0.25) is 0 Å². The van der Waals surface area contributed by atoms with Crippen molar-refractivity contribution in [1.29, 1.82) is 0 Å². The van der Waals surface area contributed by atoms with Crippen LogP contribution in [-0.4, -0.2) is 16.5 Å². The predicted molar refractivity (Wildman–Crippen MR) is 98.3 cm³/mol. The molecular formula is C21H19N3. The Morgan fingerprint density at radius 3 is 2.92 bits per heavy atom. The monoisotopic (exact) mass is 313 g/mol. The normalized spacial score (nSPS) is 17.3. The number of hydrogen-bond donors (Lipinski definition) is 2. The maximum absolute atomic E-state index is 4.90. The lowest BCUT2D eigenvalue weighted by Crippen LogP contribution is -2.31. The molecule has 3 heteroatoms. The number of aromatic amines is 1. The largest absolute Gasteiger partial charge is 0.357 e. The summed E-state index contributed by atoms with van der Waals surface area (Å²) in [5.74, 6) is 0. The van der Waals surface area contributed by atoms with Crippen LogP contribution in [0, 0.1) is 6.92 Å². The first-order valence-corrected chi connectivity index (χ1v) is 8.50. The molecule has 0 amide bonds. The van der Waals surface area contributed by atoms with Gasteiger partial charge in [-0.3, -0.25) is 4.98 Å². The SMILES string of the molecule is Cc1ccc2[nH]c3c(c2c1)CCNC3c1ccc2ccccc2n1. The van der Waals surface area contributed by atoms with Gasteiger partial charge in [-0.1, -0.05) is 35.9 Å². The average Bonchev–Trinajstić information content (AvgIpc) is 2.99. The highest BCUT2D eigenvalue weighted by Crippen LogP contribution is 2.33. The van der Waals surface area contributed by atoms with E-state index in [1.54, 1.807) is 0 Å². The fourth-order valence-corrected chi connectivity index (χ4v) is 3.84. The third kappa shape index (κ3) is 2.05. The minimum atomic E-state index is 0.131. The molecule has 0 saturated carbocycles. The number of benzene rings is 2. The molecule has 0 saturated heterocycles. The Kier molecular flexibility index (Phi) is 2.97. The number of fused-ring (bicyclic) bond motifs is 4. The van der Waals surface area contributed by atoms with Crippen LogP contribution in [0.4, 0.5) is 0 Å². The van der Waals surface area contributed by atoms with E-state index in [1.807, 2.05) is 6.07 Å². The summed E-state index contributed by atoms with van der Waals surface area (Å²) in [6.07, 6.45) is 1.06. The Bertz CT molecular complexity index is 1060. The molecule has 0 spiro atoms. The van der Waals surface area contributed by atoms with Crippen molar-refractivity contribution in [3.05, 3.63) is 77.1 Å². The number of H-pyrrole nitrogens is 1. The topological polar surface area (TPSA) is 40.7 Å². The molecule has 1 aliphatic rings. The smallest absolute Gasteiger partial charge is 0.0906 e. The summed E-state index contributed by atoms with van der Waals surface area (Å²) in [7, 11) is 0. The third-order valence-corrected chi connectivity index (χ3v) is 5.02. The van der Waals surface area contributed by atoms with Crippen LogP contribution in [-0.2, 0) is 6.42 Å². The number of hydrogen-bond acceptors (Lipinski definition) is 2. The Labute approximate surface area is 140 Å². The van der Waals surface area contributed by atoms with Crippen molar-refractivity contribution in [3.8, 4) is 0 Å². The minimum Gasteiger partial charge on any atom is -0.357 e. The molecule has 1 aliphatic heterocycles. The summed E-state index contributed by atoms with van der Waals surface area (Å²) in [4.78, 5) is 8.54. The molecule has 24 heavy (non-hydrogen) atoms. The fourth-order valence-electron chi connectivity index (χ4n) is 3.84. The minimum absolute atomic E-state index is 0.131. The number of aryl methyl sites for hydroxylation is 1. The summed E-state index contributed by atoms with van der Waals surface area (Å²) < 4.78 is 0. The molecule has 2 aromatic heterocycles. The number of rotatable bonds is 1. The predicted octanol–water partition coefficient (Wildman–Crippen LogP) is 4.26. The summed E-state index contributed by atoms with van der Waals surface area (Å²) in [6.45, 7) is 3.13. The first-order valence-electron chi connectivity index (χ1n) is 8.50. The zero-order chi connectivity index (χ0) is 16.1. The summed E-state index contributed by atoms with van der Waals surface area (Å²) in [5, 5.41) is 6.18. The lowest BCUT2D eigenvalue weighted by molar-refractivity contribution is 0.551. The van der Waals surface area contributed by atoms with Crippen molar-refractivity contribution in [3.63, 3.8) is 0 Å². The zero-order valence-corrected chi connectivity index (χ0v) is 13.6. The molecule has 5 rings (SSSR count). The second-order valence-corrected chi connectivity index (χ2v) is 6.63. The molecule has 3 heterocycles. The quantitative estimate of drug-likeness (QED) is 0.551. The van der Waals surface area contributed by atoms with Crippen molar-refractivity contribution in [2.45, 2.75) is 19.4 Å². The standard InChI is InChI=1S/C21H19N3/c1-13-6-8-18-16(12-13)15-10-11-22-21(20(15)24-18)19-9-7-14-4-2-3-5-17(14)23-19/h2-9,12,21-22,24H,10-11H2,1H3. The Morgan fingerprint density at radius 2 is 1.96 bits per heavy atom. The summed E-state index contributed by atoms with van der Waals surface area (Å²) in [6, 6.07) is 19.4. The van der Waals surface area contributed by atoms with Gasteiger partial charge in [-0.15, -0.1) is 0 Å². The Hall–Kier alpha value is -2.65. The molecule has 118 valence electrons. The lowest BCUT2D eigenvalue weighted by atomic mass is 9.96. The van der Waals surface area contributed by atoms with Crippen LogP contribution in [0.25, 0.3) is 21.8 Å². The van der Waals surface area contributed by atoms with Gasteiger partial charge >= 0.3 is 0 Å². The van der Waals surface area contributed by atoms with Gasteiger partial charge < -0.3 is 10.3 Å². The van der Waals surface area contributed by atoms with Crippen molar-refractivity contribution >= 4 is 21.8 Å². The number of nitrogens with one attached hydrogen (secondary N) is 2. The molecule has 3 nitrogen and oxygen atoms in total. The maximum Gasteiger partial charge on any atom is 0.0906 e. The van der Waals surface area contributed by atoms with E-state index in [2.05, 4.69) is 65.8 Å². The fraction of sp³-hybridized carbons (Fsp3) is 0.190. The molecule has 0 bridgehead atoms. The number of aromatic nitrogens is 2. The number of nitrogens with zero attached hydrogens (tertiary/aromatic N) is 1. The molecule has 1 unspecified atom stereocenters. The van der Waals surface area contributed by atoms with Gasteiger partial charge in [0.1, 0.15) is 0 Å². The van der Waals surface area contributed by atoms with Gasteiger partial charge in [0.15, 0.2) is 0 Å². The van der Waals surface area contributed by atoms with E-state index in [0.29, 0.717) is 0 Å². The van der Waals surface area contributed by atoms with Crippen molar-refractivity contribution < 1.29 is 0 Å². The first-order chi connectivity index (χ1) is 11.8. The van der Waals surface area contributed by atoms with Crippen LogP contribution in [0.1, 0.15) is 28.6 Å².